The van der Waals surface area contributed by atoms with Crippen LogP contribution in [0.1, 0.15) is 89.8 Å². The molecule has 0 radical (unpaired) electrons. The van der Waals surface area contributed by atoms with Gasteiger partial charge in [0, 0.05) is 18.9 Å². The van der Waals surface area contributed by atoms with Crippen molar-refractivity contribution < 1.29 is 29.3 Å². The molecular formula is C29H42N2O6S. The molecule has 8 nitrogen and oxygen atoms in total. The van der Waals surface area contributed by atoms with Crippen LogP contribution >= 0.6 is 11.3 Å². The van der Waals surface area contributed by atoms with E-state index < -0.39 is 35.6 Å². The fourth-order valence-corrected chi connectivity index (χ4v) is 6.55. The predicted octanol–water partition coefficient (Wildman–Crippen LogP) is 4.44. The molecule has 3 heterocycles. The molecule has 0 amide bonds. The number of aromatic nitrogens is 1. The van der Waals surface area contributed by atoms with Crippen LogP contribution in [-0.2, 0) is 25.6 Å². The first-order chi connectivity index (χ1) is 17.9. The van der Waals surface area contributed by atoms with Gasteiger partial charge in [0.25, 0.3) is 0 Å². The van der Waals surface area contributed by atoms with E-state index >= 15 is 0 Å². The van der Waals surface area contributed by atoms with Gasteiger partial charge in [-0.15, -0.1) is 11.3 Å². The highest BCUT2D eigenvalue weighted by Gasteiger charge is 2.53. The summed E-state index contributed by atoms with van der Waals surface area (Å²) in [5.74, 6) is -1.51. The zero-order valence-electron chi connectivity index (χ0n) is 23.1. The average molecular weight is 547 g/mol. The van der Waals surface area contributed by atoms with Crippen LogP contribution in [0.25, 0.3) is 10.2 Å². The van der Waals surface area contributed by atoms with Crippen molar-refractivity contribution in [3.8, 4) is 0 Å². The lowest BCUT2D eigenvalue weighted by atomic mass is 9.71. The van der Waals surface area contributed by atoms with E-state index in [0.717, 1.165) is 40.1 Å². The van der Waals surface area contributed by atoms with Gasteiger partial charge in [-0.2, -0.15) is 0 Å². The fraction of sp³-hybridized carbons (Fsp3) is 0.690. The molecule has 4 N–H and O–H groups in total. The number of Topliss-reactive ketones (excluding diaryl/α,β-unsaturated/α-hetero) is 1. The van der Waals surface area contributed by atoms with Crippen LogP contribution in [-0.4, -0.2) is 50.9 Å². The Balaban J connectivity index is 1.62. The van der Waals surface area contributed by atoms with Crippen molar-refractivity contribution >= 4 is 33.3 Å². The zero-order chi connectivity index (χ0) is 27.8. The van der Waals surface area contributed by atoms with Crippen LogP contribution < -0.4 is 5.73 Å². The molecule has 7 unspecified atom stereocenters. The number of cyclic esters (lactones) is 1. The second-order valence-electron chi connectivity index (χ2n) is 11.9. The minimum absolute atomic E-state index is 0.0773. The maximum Gasteiger partial charge on any atom is 0.309 e. The largest absolute Gasteiger partial charge is 0.457 e. The highest BCUT2D eigenvalue weighted by atomic mass is 32.1. The first kappa shape index (κ1) is 29.1. The van der Waals surface area contributed by atoms with Gasteiger partial charge in [0.2, 0.25) is 0 Å². The molecule has 0 spiro atoms. The molecule has 9 heteroatoms. The van der Waals surface area contributed by atoms with Crippen LogP contribution in [0.5, 0.6) is 0 Å². The lowest BCUT2D eigenvalue weighted by Gasteiger charge is -2.35. The number of thiazole rings is 1. The number of aliphatic hydroxyl groups is 2. The number of hydrogen-bond acceptors (Lipinski definition) is 9. The van der Waals surface area contributed by atoms with Gasteiger partial charge in [-0.25, -0.2) is 4.98 Å². The Morgan fingerprint density at radius 1 is 1.21 bits per heavy atom. The molecule has 2 fully saturated rings. The summed E-state index contributed by atoms with van der Waals surface area (Å²) in [7, 11) is 0. The summed E-state index contributed by atoms with van der Waals surface area (Å²) in [6.45, 7) is 9.56. The third kappa shape index (κ3) is 5.97. The van der Waals surface area contributed by atoms with E-state index in [1.54, 1.807) is 13.8 Å². The van der Waals surface area contributed by atoms with Crippen LogP contribution in [0.4, 0.5) is 0 Å². The number of esters is 1. The van der Waals surface area contributed by atoms with Crippen LogP contribution in [0.2, 0.25) is 0 Å². The highest BCUT2D eigenvalue weighted by Crippen LogP contribution is 2.47. The van der Waals surface area contributed by atoms with E-state index in [1.807, 2.05) is 32.0 Å². The molecule has 38 heavy (non-hydrogen) atoms. The number of carbonyl (C=O) groups is 2. The van der Waals surface area contributed by atoms with E-state index in [-0.39, 0.29) is 29.8 Å². The maximum atomic E-state index is 13.5. The van der Waals surface area contributed by atoms with Crippen LogP contribution in [0.3, 0.4) is 0 Å². The molecule has 0 bridgehead atoms. The number of fused-ring (bicyclic) bond motifs is 2. The van der Waals surface area contributed by atoms with Gasteiger partial charge in [-0.3, -0.25) is 9.59 Å². The number of carbonyl (C=O) groups excluding carboxylic acids is 2. The molecular weight excluding hydrogens is 504 g/mol. The number of nitrogens with two attached hydrogens (primary N) is 1. The Morgan fingerprint density at radius 2 is 1.95 bits per heavy atom. The number of ketones is 1. The normalized spacial score (nSPS) is 35.1. The maximum absolute atomic E-state index is 13.5. The van der Waals surface area contributed by atoms with Gasteiger partial charge in [-0.05, 0) is 49.8 Å². The molecule has 2 saturated heterocycles. The second-order valence-corrected chi connectivity index (χ2v) is 13.0. The third-order valence-electron chi connectivity index (χ3n) is 8.67. The van der Waals surface area contributed by atoms with Gasteiger partial charge < -0.3 is 25.4 Å². The standard InChI is InChI=1S/C29H42N2O6S/c1-6-18-26(34)16(2)8-7-11-29(5)23(37-29)13-20(36-25(33)14-22(32)28(3,4)27(18)35)17-9-10-21-19(12-17)31-24(15-30)38-21/h9-10,12,16,18,20,22-23,26,32,34H,6-8,11,13-15,30H2,1-5H3. The van der Waals surface area contributed by atoms with E-state index in [4.69, 9.17) is 15.2 Å². The van der Waals surface area contributed by atoms with Crippen LogP contribution in [0, 0.1) is 17.3 Å². The van der Waals surface area contributed by atoms with Crippen molar-refractivity contribution in [2.75, 3.05) is 0 Å². The summed E-state index contributed by atoms with van der Waals surface area (Å²) in [6, 6.07) is 5.84. The van der Waals surface area contributed by atoms with Crippen molar-refractivity contribution in [1.82, 2.24) is 4.98 Å². The lowest BCUT2D eigenvalue weighted by Crippen LogP contribution is -2.46. The van der Waals surface area contributed by atoms with Gasteiger partial charge in [0.1, 0.15) is 16.9 Å². The van der Waals surface area contributed by atoms with E-state index in [9.17, 15) is 19.8 Å². The predicted molar refractivity (Wildman–Crippen MR) is 146 cm³/mol. The van der Waals surface area contributed by atoms with Crippen LogP contribution in [0.15, 0.2) is 18.2 Å². The van der Waals surface area contributed by atoms with Gasteiger partial charge >= 0.3 is 5.97 Å². The lowest BCUT2D eigenvalue weighted by molar-refractivity contribution is -0.156. The Bertz CT molecular complexity index is 1170. The van der Waals surface area contributed by atoms with E-state index in [0.29, 0.717) is 19.4 Å². The summed E-state index contributed by atoms with van der Waals surface area (Å²) < 4.78 is 13.1. The van der Waals surface area contributed by atoms with Crippen molar-refractivity contribution in [3.05, 3.63) is 28.8 Å². The number of epoxide rings is 1. The Morgan fingerprint density at radius 3 is 2.63 bits per heavy atom. The fourth-order valence-electron chi connectivity index (χ4n) is 5.72. The minimum atomic E-state index is -1.25. The summed E-state index contributed by atoms with van der Waals surface area (Å²) in [4.78, 5) is 31.2. The molecule has 4 rings (SSSR count). The number of aliphatic hydroxyl groups excluding tert-OH is 2. The SMILES string of the molecule is CCC1C(=O)C(C)(C)C(O)CC(=O)OC(c2ccc3sc(CN)nc3c2)CC2OC2(C)CCCC(C)C1O. The quantitative estimate of drug-likeness (QED) is 0.380. The first-order valence-electron chi connectivity index (χ1n) is 13.8. The van der Waals surface area contributed by atoms with Crippen molar-refractivity contribution in [2.24, 2.45) is 23.0 Å². The Labute approximate surface area is 228 Å². The molecule has 2 aromatic rings. The summed E-state index contributed by atoms with van der Waals surface area (Å²) >= 11 is 1.54. The number of rotatable bonds is 3. The summed E-state index contributed by atoms with van der Waals surface area (Å²) in [5.41, 5.74) is 5.84. The average Bonchev–Trinajstić information content (AvgIpc) is 3.31. The third-order valence-corrected chi connectivity index (χ3v) is 9.73. The molecule has 1 aromatic carbocycles. The second kappa shape index (κ2) is 11.3. The van der Waals surface area contributed by atoms with Gasteiger partial charge in [0.05, 0.1) is 46.0 Å². The molecule has 0 saturated carbocycles. The van der Waals surface area contributed by atoms with Crippen molar-refractivity contribution in [3.63, 3.8) is 0 Å². The summed E-state index contributed by atoms with van der Waals surface area (Å²) in [5, 5.41) is 22.9. The number of ether oxygens (including phenoxy) is 2. The van der Waals surface area contributed by atoms with E-state index in [1.165, 1.54) is 11.3 Å². The number of benzene rings is 1. The first-order valence-corrected chi connectivity index (χ1v) is 14.6. The molecule has 1 aromatic heterocycles. The number of nitrogens with zero attached hydrogens (tertiary/aromatic N) is 1. The molecule has 210 valence electrons. The Hall–Kier alpha value is -1.91. The van der Waals surface area contributed by atoms with Gasteiger partial charge in [-0.1, -0.05) is 40.2 Å². The van der Waals surface area contributed by atoms with Gasteiger partial charge in [0.15, 0.2) is 0 Å². The molecule has 7 atom stereocenters. The smallest absolute Gasteiger partial charge is 0.309 e. The monoisotopic (exact) mass is 546 g/mol. The molecule has 2 aliphatic heterocycles. The number of hydrogen-bond donors (Lipinski definition) is 3. The zero-order valence-corrected chi connectivity index (χ0v) is 23.9. The summed E-state index contributed by atoms with van der Waals surface area (Å²) in [6.07, 6.45) is 0.329. The Kier molecular flexibility index (Phi) is 8.64. The van der Waals surface area contributed by atoms with Crippen molar-refractivity contribution in [1.29, 1.82) is 0 Å². The highest BCUT2D eigenvalue weighted by molar-refractivity contribution is 7.18. The topological polar surface area (TPSA) is 135 Å². The van der Waals surface area contributed by atoms with Crippen molar-refractivity contribution in [2.45, 2.75) is 110 Å². The molecule has 2 aliphatic rings. The van der Waals surface area contributed by atoms with E-state index in [2.05, 4.69) is 11.9 Å². The molecule has 0 aliphatic carbocycles. The minimum Gasteiger partial charge on any atom is -0.457 e.